The molecule has 3 fully saturated rings. The van der Waals surface area contributed by atoms with Gasteiger partial charge in [-0.15, -0.1) is 0 Å². The number of esters is 2. The van der Waals surface area contributed by atoms with Crippen LogP contribution in [-0.4, -0.2) is 77.8 Å². The highest BCUT2D eigenvalue weighted by Gasteiger charge is 2.61. The van der Waals surface area contributed by atoms with Crippen LogP contribution in [0.15, 0.2) is 95.6 Å². The fraction of sp³-hybridized carbons (Fsp3) is 0.540. The zero-order valence-electron chi connectivity index (χ0n) is 36.9. The molecule has 0 saturated carbocycles. The second kappa shape index (κ2) is 18.4. The summed E-state index contributed by atoms with van der Waals surface area (Å²) in [7, 11) is 0. The molecule has 2 bridgehead atoms. The van der Waals surface area contributed by atoms with Gasteiger partial charge in [0.2, 0.25) is 0 Å². The lowest BCUT2D eigenvalue weighted by atomic mass is 9.70. The maximum absolute atomic E-state index is 14.6. The summed E-state index contributed by atoms with van der Waals surface area (Å²) >= 11 is 0. The first kappa shape index (κ1) is 44.5. The molecule has 2 aromatic carbocycles. The summed E-state index contributed by atoms with van der Waals surface area (Å²) in [5.74, 6) is -2.85. The van der Waals surface area contributed by atoms with Crippen LogP contribution in [0.4, 0.5) is 10.5 Å². The van der Waals surface area contributed by atoms with Gasteiger partial charge in [0.1, 0.15) is 29.8 Å². The minimum Gasteiger partial charge on any atom is -0.462 e. The second-order valence-corrected chi connectivity index (χ2v) is 18.2. The van der Waals surface area contributed by atoms with E-state index in [-0.39, 0.29) is 24.7 Å². The van der Waals surface area contributed by atoms with Crippen LogP contribution in [0.2, 0.25) is 0 Å². The molecule has 4 heterocycles. The number of nitrogens with one attached hydrogen (secondary N) is 1. The Hall–Kier alpha value is -4.55. The molecule has 2 aromatic rings. The molecule has 1 amide bonds. The molecule has 11 nitrogen and oxygen atoms in total. The van der Waals surface area contributed by atoms with Crippen molar-refractivity contribution < 1.29 is 47.9 Å². The quantitative estimate of drug-likeness (QED) is 0.165. The number of benzene rings is 2. The van der Waals surface area contributed by atoms with Crippen molar-refractivity contribution in [2.24, 2.45) is 23.7 Å². The monoisotopic (exact) mass is 837 g/mol. The summed E-state index contributed by atoms with van der Waals surface area (Å²) in [5.41, 5.74) is 2.99. The average Bonchev–Trinajstić information content (AvgIpc) is 3.57. The molecule has 61 heavy (non-hydrogen) atoms. The van der Waals surface area contributed by atoms with E-state index in [9.17, 15) is 19.5 Å². The molecule has 328 valence electrons. The number of allylic oxidation sites excluding steroid dienone is 2. The largest absolute Gasteiger partial charge is 0.462 e. The molecule has 11 heteroatoms. The summed E-state index contributed by atoms with van der Waals surface area (Å²) in [6, 6.07) is 14.6. The molecule has 2 N–H and O–H groups in total. The van der Waals surface area contributed by atoms with E-state index in [1.54, 1.807) is 49.4 Å². The topological polar surface area (TPSA) is 139 Å². The van der Waals surface area contributed by atoms with E-state index in [4.69, 9.17) is 28.4 Å². The number of carbonyl (C=O) groups is 3. The van der Waals surface area contributed by atoms with E-state index in [1.165, 1.54) is 0 Å². The number of ether oxygens (including phenoxy) is 6. The zero-order valence-corrected chi connectivity index (χ0v) is 36.9. The minimum atomic E-state index is -1.93. The predicted molar refractivity (Wildman–Crippen MR) is 232 cm³/mol. The Balaban J connectivity index is 1.25. The number of aryl methyl sites for hydroxylation is 2. The van der Waals surface area contributed by atoms with Gasteiger partial charge in [-0.2, -0.15) is 0 Å². The van der Waals surface area contributed by atoms with Crippen LogP contribution in [0.1, 0.15) is 102 Å². The Kier molecular flexibility index (Phi) is 13.4. The van der Waals surface area contributed by atoms with Crippen molar-refractivity contribution in [3.05, 3.63) is 112 Å². The molecule has 5 aliphatic rings. The molecule has 0 unspecified atom stereocenters. The van der Waals surface area contributed by atoms with Crippen LogP contribution in [0, 0.1) is 37.5 Å². The Bertz CT molecular complexity index is 2050. The van der Waals surface area contributed by atoms with E-state index < -0.39 is 59.8 Å². The highest BCUT2D eigenvalue weighted by molar-refractivity contribution is 5.89. The molecule has 0 aromatic heterocycles. The molecule has 3 saturated heterocycles. The molecular weight excluding hydrogens is 775 g/mol. The van der Waals surface area contributed by atoms with E-state index in [2.05, 4.69) is 32.2 Å². The number of anilines is 1. The average molecular weight is 838 g/mol. The Labute approximate surface area is 360 Å². The fourth-order valence-electron chi connectivity index (χ4n) is 9.65. The van der Waals surface area contributed by atoms with Crippen molar-refractivity contribution in [2.75, 3.05) is 11.9 Å². The summed E-state index contributed by atoms with van der Waals surface area (Å²) in [4.78, 5) is 41.6. The van der Waals surface area contributed by atoms with Crippen LogP contribution in [-0.2, 0) is 33.2 Å². The number of amides is 1. The summed E-state index contributed by atoms with van der Waals surface area (Å²) in [6.45, 7) is 16.2. The van der Waals surface area contributed by atoms with Gasteiger partial charge in [-0.25, -0.2) is 9.59 Å². The molecule has 1 spiro atoms. The van der Waals surface area contributed by atoms with Crippen molar-refractivity contribution in [3.8, 4) is 0 Å². The highest BCUT2D eigenvalue weighted by Crippen LogP contribution is 2.48. The number of aliphatic hydroxyl groups is 1. The SMILES string of the molecule is CC[C@H](C)[C@H]1O[C@]2(CC[C@@H]1C)C[C@@H]1C[C@@H](C/C=C(\C)[C@@H](OC(=O)c3ccc(C)cc3)[C@@H](C)/C=C/C=C3\CO[C@@H]4[C@H](OC(=O)Nc5ccc(C)cc5)C(C)=C[C@@H](C(=O)O1)[C@]34O)O2. The van der Waals surface area contributed by atoms with E-state index >= 15 is 0 Å². The smallest absolute Gasteiger partial charge is 0.412 e. The van der Waals surface area contributed by atoms with Crippen molar-refractivity contribution in [1.29, 1.82) is 0 Å². The Morgan fingerprint density at radius 3 is 2.34 bits per heavy atom. The van der Waals surface area contributed by atoms with Gasteiger partial charge in [0.05, 0.1) is 24.4 Å². The summed E-state index contributed by atoms with van der Waals surface area (Å²) in [6.07, 6.45) is 8.39. The predicted octanol–water partition coefficient (Wildman–Crippen LogP) is 9.27. The van der Waals surface area contributed by atoms with Gasteiger partial charge in [0, 0.05) is 30.9 Å². The Morgan fingerprint density at radius 2 is 1.64 bits per heavy atom. The van der Waals surface area contributed by atoms with Crippen LogP contribution in [0.25, 0.3) is 0 Å². The third-order valence-electron chi connectivity index (χ3n) is 13.5. The highest BCUT2D eigenvalue weighted by atomic mass is 16.7. The lowest BCUT2D eigenvalue weighted by Gasteiger charge is -2.51. The number of hydrogen-bond donors (Lipinski definition) is 2. The first-order valence-electron chi connectivity index (χ1n) is 22.0. The van der Waals surface area contributed by atoms with Crippen molar-refractivity contribution in [1.82, 2.24) is 0 Å². The van der Waals surface area contributed by atoms with Gasteiger partial charge < -0.3 is 33.5 Å². The van der Waals surface area contributed by atoms with E-state index in [0.29, 0.717) is 59.9 Å². The lowest BCUT2D eigenvalue weighted by Crippen LogP contribution is -2.59. The third-order valence-corrected chi connectivity index (χ3v) is 13.5. The molecule has 12 atom stereocenters. The van der Waals surface area contributed by atoms with Crippen LogP contribution in [0.5, 0.6) is 0 Å². The Morgan fingerprint density at radius 1 is 0.934 bits per heavy atom. The molecular formula is C50H63NO10. The van der Waals surface area contributed by atoms with Crippen molar-refractivity contribution in [3.63, 3.8) is 0 Å². The number of hydrogen-bond acceptors (Lipinski definition) is 10. The van der Waals surface area contributed by atoms with Crippen LogP contribution < -0.4 is 5.32 Å². The third kappa shape index (κ3) is 9.60. The fourth-order valence-corrected chi connectivity index (χ4v) is 9.65. The van der Waals surface area contributed by atoms with Crippen molar-refractivity contribution in [2.45, 2.75) is 142 Å². The molecule has 0 radical (unpaired) electrons. The summed E-state index contributed by atoms with van der Waals surface area (Å²) < 4.78 is 38.9. The van der Waals surface area contributed by atoms with Crippen LogP contribution in [0.3, 0.4) is 0 Å². The number of rotatable bonds is 6. The van der Waals surface area contributed by atoms with Gasteiger partial charge in [0.15, 0.2) is 11.9 Å². The molecule has 7 rings (SSSR count). The minimum absolute atomic E-state index is 0.0273. The number of carbonyl (C=O) groups excluding carboxylic acids is 3. The lowest BCUT2D eigenvalue weighted by molar-refractivity contribution is -0.340. The number of fused-ring (bicyclic) bond motifs is 2. The van der Waals surface area contributed by atoms with E-state index in [0.717, 1.165) is 29.5 Å². The normalized spacial score (nSPS) is 36.8. The molecule has 4 aliphatic heterocycles. The van der Waals surface area contributed by atoms with Gasteiger partial charge in [0.25, 0.3) is 0 Å². The zero-order chi connectivity index (χ0) is 43.6. The molecule has 1 aliphatic carbocycles. The van der Waals surface area contributed by atoms with Gasteiger partial charge in [-0.05, 0) is 93.4 Å². The maximum atomic E-state index is 14.6. The first-order chi connectivity index (χ1) is 29.1. The van der Waals surface area contributed by atoms with Gasteiger partial charge in [-0.1, -0.05) is 99.9 Å². The van der Waals surface area contributed by atoms with Crippen LogP contribution >= 0.6 is 0 Å². The first-order valence-corrected chi connectivity index (χ1v) is 22.0. The standard InChI is InChI=1S/C50H63NO10/c1-9-31(4)43-34(7)23-24-49(61-43)27-40-26-39(60-49)22-17-33(6)42(58-46(52)36-18-13-29(2)14-19-36)32(5)11-10-12-37-28-56-45-44(35(8)25-41(47(53)57-40)50(37,45)55)59-48(54)51-38-20-15-30(3)16-21-38/h10-21,25,31-32,34,39-45,55H,9,22-24,26-28H2,1-8H3,(H,51,54)/b11-10+,33-17+,37-12+/t31-,32-,34-,39+,40-,41-,42-,43+,44+,45+,49+,50+/m0/s1. The summed E-state index contributed by atoms with van der Waals surface area (Å²) in [5, 5.41) is 15.7. The second-order valence-electron chi connectivity index (χ2n) is 18.2. The van der Waals surface area contributed by atoms with Gasteiger partial charge in [-0.3, -0.25) is 10.1 Å². The van der Waals surface area contributed by atoms with E-state index in [1.807, 2.05) is 58.0 Å². The van der Waals surface area contributed by atoms with Crippen molar-refractivity contribution >= 4 is 23.7 Å². The maximum Gasteiger partial charge on any atom is 0.412 e. The van der Waals surface area contributed by atoms with Gasteiger partial charge >= 0.3 is 18.0 Å².